The molecule has 0 spiro atoms. The first kappa shape index (κ1) is 26.0. The van der Waals surface area contributed by atoms with Gasteiger partial charge >= 0.3 is 0 Å². The van der Waals surface area contributed by atoms with Crippen LogP contribution in [0.2, 0.25) is 10.0 Å². The van der Waals surface area contributed by atoms with Gasteiger partial charge in [0.2, 0.25) is 21.1 Å². The van der Waals surface area contributed by atoms with Crippen molar-refractivity contribution in [2.24, 2.45) is 0 Å². The Morgan fingerprint density at radius 2 is 1.91 bits per heavy atom. The average molecular weight is 593 g/mol. The minimum atomic E-state index is -3.96. The molecule has 3 rings (SSSR count). The first-order valence-corrected chi connectivity index (χ1v) is 13.6. The standard InChI is InChI=1S/C20H20BrCl2N5O3S2/c1-13-25-20(27-26-13)32-9-8-24-19(29)12-28(11-14-2-7-17(22)18(23)10-14)33(30,31)16-5-3-15(21)4-6-16/h2-7,10H,8-9,11-12H2,1H3,(H,24,29)(H,25,26,27). The van der Waals surface area contributed by atoms with E-state index in [4.69, 9.17) is 23.2 Å². The van der Waals surface area contributed by atoms with Gasteiger partial charge in [0.25, 0.3) is 0 Å². The second kappa shape index (κ2) is 11.7. The average Bonchev–Trinajstić information content (AvgIpc) is 3.18. The Kier molecular flexibility index (Phi) is 9.19. The highest BCUT2D eigenvalue weighted by atomic mass is 79.9. The van der Waals surface area contributed by atoms with Gasteiger partial charge in [0.15, 0.2) is 0 Å². The molecule has 0 aliphatic rings. The van der Waals surface area contributed by atoms with Gasteiger partial charge in [-0.3, -0.25) is 9.89 Å². The van der Waals surface area contributed by atoms with E-state index in [0.29, 0.717) is 38.9 Å². The van der Waals surface area contributed by atoms with Crippen LogP contribution in [0, 0.1) is 6.92 Å². The van der Waals surface area contributed by atoms with E-state index in [1.807, 2.05) is 0 Å². The number of carbonyl (C=O) groups is 1. The molecule has 0 fully saturated rings. The van der Waals surface area contributed by atoms with Crippen LogP contribution in [-0.4, -0.2) is 52.7 Å². The van der Waals surface area contributed by atoms with E-state index in [0.717, 1.165) is 8.78 Å². The number of aromatic amines is 1. The van der Waals surface area contributed by atoms with Gasteiger partial charge in [-0.1, -0.05) is 57.0 Å². The predicted octanol–water partition coefficient (Wildman–Crippen LogP) is 4.28. The largest absolute Gasteiger partial charge is 0.354 e. The number of benzene rings is 2. The van der Waals surface area contributed by atoms with Crippen LogP contribution < -0.4 is 5.32 Å². The summed E-state index contributed by atoms with van der Waals surface area (Å²) in [4.78, 5) is 16.9. The number of aryl methyl sites for hydroxylation is 1. The second-order valence-electron chi connectivity index (χ2n) is 6.88. The van der Waals surface area contributed by atoms with E-state index in [9.17, 15) is 13.2 Å². The molecule has 3 aromatic rings. The Morgan fingerprint density at radius 3 is 2.55 bits per heavy atom. The van der Waals surface area contributed by atoms with Crippen molar-refractivity contribution in [1.29, 1.82) is 0 Å². The topological polar surface area (TPSA) is 108 Å². The van der Waals surface area contributed by atoms with Gasteiger partial charge in [-0.2, -0.15) is 4.31 Å². The molecule has 13 heteroatoms. The number of thioether (sulfide) groups is 1. The summed E-state index contributed by atoms with van der Waals surface area (Å²) in [6, 6.07) is 11.1. The van der Waals surface area contributed by atoms with Crippen LogP contribution in [0.1, 0.15) is 11.4 Å². The summed E-state index contributed by atoms with van der Waals surface area (Å²) in [5.74, 6) is 0.815. The van der Waals surface area contributed by atoms with Crippen molar-refractivity contribution in [3.63, 3.8) is 0 Å². The summed E-state index contributed by atoms with van der Waals surface area (Å²) < 4.78 is 28.5. The van der Waals surface area contributed by atoms with E-state index in [-0.39, 0.29) is 18.0 Å². The zero-order valence-electron chi connectivity index (χ0n) is 17.4. The maximum Gasteiger partial charge on any atom is 0.243 e. The Bertz CT molecular complexity index is 1220. The van der Waals surface area contributed by atoms with Crippen molar-refractivity contribution in [3.05, 3.63) is 68.4 Å². The third kappa shape index (κ3) is 7.43. The fourth-order valence-corrected chi connectivity index (χ4v) is 5.43. The molecule has 0 saturated carbocycles. The summed E-state index contributed by atoms with van der Waals surface area (Å²) in [5.41, 5.74) is 0.605. The third-order valence-corrected chi connectivity index (χ3v) is 8.27. The van der Waals surface area contributed by atoms with Gasteiger partial charge in [-0.15, -0.1) is 5.10 Å². The maximum atomic E-state index is 13.3. The summed E-state index contributed by atoms with van der Waals surface area (Å²) in [7, 11) is -3.96. The van der Waals surface area contributed by atoms with E-state index >= 15 is 0 Å². The summed E-state index contributed by atoms with van der Waals surface area (Å²) >= 11 is 16.7. The number of sulfonamides is 1. The molecule has 2 N–H and O–H groups in total. The molecule has 0 unspecified atom stereocenters. The van der Waals surface area contributed by atoms with Gasteiger partial charge in [0, 0.05) is 23.3 Å². The highest BCUT2D eigenvalue weighted by Gasteiger charge is 2.27. The SMILES string of the molecule is Cc1nc(SCCNC(=O)CN(Cc2ccc(Cl)c(Cl)c2)S(=O)(=O)c2ccc(Br)cc2)n[nH]1. The molecule has 2 aromatic carbocycles. The molecule has 1 amide bonds. The first-order valence-electron chi connectivity index (χ1n) is 9.63. The number of nitrogens with zero attached hydrogens (tertiary/aromatic N) is 3. The van der Waals surface area contributed by atoms with Gasteiger partial charge in [0.1, 0.15) is 5.82 Å². The monoisotopic (exact) mass is 591 g/mol. The molecule has 1 heterocycles. The predicted molar refractivity (Wildman–Crippen MR) is 133 cm³/mol. The molecule has 0 aliphatic carbocycles. The normalized spacial score (nSPS) is 11.7. The van der Waals surface area contributed by atoms with Gasteiger partial charge < -0.3 is 5.32 Å². The van der Waals surface area contributed by atoms with Crippen LogP contribution in [0.15, 0.2) is 57.0 Å². The van der Waals surface area contributed by atoms with E-state index in [2.05, 4.69) is 36.4 Å². The fourth-order valence-electron chi connectivity index (χ4n) is 2.76. The fraction of sp³-hybridized carbons (Fsp3) is 0.250. The van der Waals surface area contributed by atoms with Crippen molar-refractivity contribution in [1.82, 2.24) is 24.8 Å². The first-order chi connectivity index (χ1) is 15.6. The number of halogens is 3. The molecule has 0 radical (unpaired) electrons. The van der Waals surface area contributed by atoms with Crippen LogP contribution in [-0.2, 0) is 21.4 Å². The Balaban J connectivity index is 1.70. The number of H-pyrrole nitrogens is 1. The summed E-state index contributed by atoms with van der Waals surface area (Å²) in [6.07, 6.45) is 0. The summed E-state index contributed by atoms with van der Waals surface area (Å²) in [5, 5.41) is 10.8. The smallest absolute Gasteiger partial charge is 0.243 e. The van der Waals surface area contributed by atoms with Gasteiger partial charge in [-0.25, -0.2) is 13.4 Å². The minimum absolute atomic E-state index is 0.0477. The van der Waals surface area contributed by atoms with Crippen LogP contribution in [0.5, 0.6) is 0 Å². The number of amides is 1. The Labute approximate surface area is 214 Å². The summed E-state index contributed by atoms with van der Waals surface area (Å²) in [6.45, 7) is 1.72. The van der Waals surface area contributed by atoms with E-state index in [1.165, 1.54) is 23.9 Å². The molecule has 0 saturated heterocycles. The number of nitrogens with one attached hydrogen (secondary N) is 2. The molecule has 176 valence electrons. The lowest BCUT2D eigenvalue weighted by Crippen LogP contribution is -2.40. The number of hydrogen-bond donors (Lipinski definition) is 2. The van der Waals surface area contributed by atoms with Crippen LogP contribution >= 0.6 is 50.9 Å². The molecule has 33 heavy (non-hydrogen) atoms. The van der Waals surface area contributed by atoms with E-state index in [1.54, 1.807) is 37.3 Å². The highest BCUT2D eigenvalue weighted by Crippen LogP contribution is 2.25. The molecule has 0 atom stereocenters. The zero-order valence-corrected chi connectivity index (χ0v) is 22.1. The van der Waals surface area contributed by atoms with Gasteiger partial charge in [-0.05, 0) is 48.9 Å². The molecular formula is C20H20BrCl2N5O3S2. The Morgan fingerprint density at radius 1 is 1.18 bits per heavy atom. The van der Waals surface area contributed by atoms with Crippen LogP contribution in [0.25, 0.3) is 0 Å². The lowest BCUT2D eigenvalue weighted by molar-refractivity contribution is -0.121. The number of rotatable bonds is 10. The second-order valence-corrected chi connectivity index (χ2v) is 11.6. The lowest BCUT2D eigenvalue weighted by atomic mass is 10.2. The molecule has 8 nitrogen and oxygen atoms in total. The molecule has 0 bridgehead atoms. The van der Waals surface area contributed by atoms with Crippen LogP contribution in [0.3, 0.4) is 0 Å². The van der Waals surface area contributed by atoms with Crippen molar-refractivity contribution >= 4 is 66.8 Å². The van der Waals surface area contributed by atoms with Crippen molar-refractivity contribution in [2.45, 2.75) is 23.5 Å². The van der Waals surface area contributed by atoms with Crippen molar-refractivity contribution in [2.75, 3.05) is 18.8 Å². The quantitative estimate of drug-likeness (QED) is 0.269. The van der Waals surface area contributed by atoms with Crippen molar-refractivity contribution < 1.29 is 13.2 Å². The third-order valence-electron chi connectivity index (χ3n) is 4.35. The number of carbonyl (C=O) groups excluding carboxylic acids is 1. The number of hydrogen-bond acceptors (Lipinski definition) is 6. The zero-order chi connectivity index (χ0) is 24.0. The number of aromatic nitrogens is 3. The molecular weight excluding hydrogens is 573 g/mol. The van der Waals surface area contributed by atoms with Crippen LogP contribution in [0.4, 0.5) is 0 Å². The highest BCUT2D eigenvalue weighted by molar-refractivity contribution is 9.10. The lowest BCUT2D eigenvalue weighted by Gasteiger charge is -2.22. The molecule has 0 aliphatic heterocycles. The molecule has 1 aromatic heterocycles. The van der Waals surface area contributed by atoms with Crippen molar-refractivity contribution in [3.8, 4) is 0 Å². The van der Waals surface area contributed by atoms with Gasteiger partial charge in [0.05, 0.1) is 21.5 Å². The van der Waals surface area contributed by atoms with E-state index < -0.39 is 15.9 Å². The minimum Gasteiger partial charge on any atom is -0.354 e. The Hall–Kier alpha value is -1.63. The maximum absolute atomic E-state index is 13.3.